The van der Waals surface area contributed by atoms with E-state index < -0.39 is 53.6 Å². The maximum absolute atomic E-state index is 14.5. The van der Waals surface area contributed by atoms with Crippen molar-refractivity contribution in [1.82, 2.24) is 14.7 Å². The summed E-state index contributed by atoms with van der Waals surface area (Å²) in [6.45, 7) is 1.85. The number of hydrogen-bond donors (Lipinski definition) is 1. The molecule has 3 fully saturated rings. The summed E-state index contributed by atoms with van der Waals surface area (Å²) in [5.74, 6) is -3.06. The molecular formula is C29H32Cl2F3N3O4. The van der Waals surface area contributed by atoms with Crippen molar-refractivity contribution in [2.24, 2.45) is 16.7 Å². The first kappa shape index (κ1) is 29.9. The molecule has 2 aromatic rings. The van der Waals surface area contributed by atoms with E-state index in [0.29, 0.717) is 0 Å². The summed E-state index contributed by atoms with van der Waals surface area (Å²) in [6.07, 6.45) is 1.29. The van der Waals surface area contributed by atoms with Gasteiger partial charge in [0.1, 0.15) is 0 Å². The molecule has 0 radical (unpaired) electrons. The molecule has 0 atom stereocenters. The average molecular weight is 614 g/mol. The second kappa shape index (κ2) is 10.9. The Hall–Kier alpha value is -2.59. The Labute approximate surface area is 246 Å². The summed E-state index contributed by atoms with van der Waals surface area (Å²) < 4.78 is 44.4. The molecular weight excluding hydrogens is 582 g/mol. The van der Waals surface area contributed by atoms with Gasteiger partial charge >= 0.3 is 12.1 Å². The van der Waals surface area contributed by atoms with Gasteiger partial charge in [0.05, 0.1) is 45.9 Å². The molecule has 0 saturated heterocycles. The van der Waals surface area contributed by atoms with Gasteiger partial charge in [0.15, 0.2) is 11.5 Å². The fourth-order valence-electron chi connectivity index (χ4n) is 7.29. The number of amides is 1. The zero-order valence-corrected chi connectivity index (χ0v) is 24.2. The molecule has 3 aliphatic carbocycles. The van der Waals surface area contributed by atoms with Crippen LogP contribution in [0.1, 0.15) is 97.2 Å². The number of Topliss-reactive ketones (excluding diaryl/α,β-unsaturated/α-hetero) is 1. The Kier molecular flexibility index (Phi) is 7.96. The molecule has 7 nitrogen and oxygen atoms in total. The lowest BCUT2D eigenvalue weighted by Gasteiger charge is -2.34. The van der Waals surface area contributed by atoms with E-state index >= 15 is 0 Å². The Bertz CT molecular complexity index is 1340. The molecule has 0 unspecified atom stereocenters. The van der Waals surface area contributed by atoms with Gasteiger partial charge in [0, 0.05) is 6.54 Å². The number of alkyl halides is 3. The number of carbonyl (C=O) groups excluding carboxylic acids is 2. The minimum Gasteiger partial charge on any atom is -0.481 e. The van der Waals surface area contributed by atoms with Crippen molar-refractivity contribution in [3.05, 3.63) is 51.3 Å². The average Bonchev–Trinajstić information content (AvgIpc) is 3.58. The van der Waals surface area contributed by atoms with Crippen LogP contribution in [0.25, 0.3) is 0 Å². The van der Waals surface area contributed by atoms with Crippen LogP contribution in [-0.4, -0.2) is 50.5 Å². The van der Waals surface area contributed by atoms with E-state index in [0.717, 1.165) is 43.0 Å². The standard InChI is InChI=1S/C29H32Cl2F3N3O4/c1-27-9-11-28(15-27,12-10-27)16-36(14-22(38)23-20(30)3-2-4-21(23)31)25(39)19-13-35-37(24(19)29(32,33)34)18-7-5-17(6-8-18)26(40)41/h2-4,13,17-18H,5-12,14-16H2,1H3,(H,40,41)/t17-,18+,27-,28-. The number of aliphatic carboxylic acids is 1. The molecule has 12 heteroatoms. The van der Waals surface area contributed by atoms with Crippen molar-refractivity contribution in [3.63, 3.8) is 0 Å². The van der Waals surface area contributed by atoms with Crippen molar-refractivity contribution in [3.8, 4) is 0 Å². The molecule has 1 aromatic carbocycles. The van der Waals surface area contributed by atoms with Gasteiger partial charge in [0.25, 0.3) is 5.91 Å². The van der Waals surface area contributed by atoms with Crippen molar-refractivity contribution in [1.29, 1.82) is 0 Å². The van der Waals surface area contributed by atoms with E-state index in [2.05, 4.69) is 12.0 Å². The number of benzene rings is 1. The SMILES string of the molecule is C[C@]12CC[C@](CN(CC(=O)c3c(Cl)cccc3Cl)C(=O)c3cnn([C@H]4CC[C@@H](C(=O)O)CC4)c3C(F)(F)F)(CC1)C2. The Balaban J connectivity index is 1.49. The van der Waals surface area contributed by atoms with Crippen molar-refractivity contribution in [2.75, 3.05) is 13.1 Å². The zero-order valence-electron chi connectivity index (χ0n) is 22.6. The van der Waals surface area contributed by atoms with Crippen LogP contribution in [0.2, 0.25) is 10.0 Å². The number of hydrogen-bond acceptors (Lipinski definition) is 4. The number of aromatic nitrogens is 2. The highest BCUT2D eigenvalue weighted by molar-refractivity contribution is 6.40. The van der Waals surface area contributed by atoms with Gasteiger partial charge in [-0.15, -0.1) is 0 Å². The lowest BCUT2D eigenvalue weighted by molar-refractivity contribution is -0.147. The number of carboxylic acid groups (broad SMARTS) is 1. The third-order valence-corrected chi connectivity index (χ3v) is 10.0. The van der Waals surface area contributed by atoms with Crippen LogP contribution < -0.4 is 0 Å². The second-order valence-corrected chi connectivity index (χ2v) is 13.2. The first-order chi connectivity index (χ1) is 19.2. The molecule has 3 aliphatic rings. The second-order valence-electron chi connectivity index (χ2n) is 12.4. The van der Waals surface area contributed by atoms with Crippen molar-refractivity contribution < 1.29 is 32.7 Å². The van der Waals surface area contributed by atoms with Crippen molar-refractivity contribution >= 4 is 40.9 Å². The predicted molar refractivity (Wildman–Crippen MR) is 146 cm³/mol. The highest BCUT2D eigenvalue weighted by atomic mass is 35.5. The van der Waals surface area contributed by atoms with Gasteiger partial charge in [-0.3, -0.25) is 19.1 Å². The molecule has 2 bridgehead atoms. The zero-order chi connectivity index (χ0) is 29.7. The van der Waals surface area contributed by atoms with Crippen LogP contribution in [0.4, 0.5) is 13.2 Å². The van der Waals surface area contributed by atoms with Gasteiger partial charge < -0.3 is 10.0 Å². The molecule has 1 N–H and O–H groups in total. The molecule has 41 heavy (non-hydrogen) atoms. The third-order valence-electron chi connectivity index (χ3n) is 9.40. The summed E-state index contributed by atoms with van der Waals surface area (Å²) in [5.41, 5.74) is -1.92. The Morgan fingerprint density at radius 3 is 2.20 bits per heavy atom. The number of rotatable bonds is 8. The number of nitrogens with zero attached hydrogens (tertiary/aromatic N) is 3. The van der Waals surface area contributed by atoms with Gasteiger partial charge in [-0.05, 0) is 80.8 Å². The maximum Gasteiger partial charge on any atom is 0.433 e. The summed E-state index contributed by atoms with van der Waals surface area (Å²) >= 11 is 12.5. The number of fused-ring (bicyclic) bond motifs is 2. The smallest absolute Gasteiger partial charge is 0.433 e. The first-order valence-electron chi connectivity index (χ1n) is 13.9. The summed E-state index contributed by atoms with van der Waals surface area (Å²) in [6, 6.07) is 3.88. The molecule has 3 saturated carbocycles. The normalized spacial score (nSPS) is 27.7. The fraction of sp³-hybridized carbons (Fsp3) is 0.586. The van der Waals surface area contributed by atoms with Crippen LogP contribution in [0.5, 0.6) is 0 Å². The van der Waals surface area contributed by atoms with Crippen molar-refractivity contribution in [2.45, 2.75) is 76.9 Å². The lowest BCUT2D eigenvalue weighted by atomic mass is 9.82. The Morgan fingerprint density at radius 2 is 1.68 bits per heavy atom. The quantitative estimate of drug-likeness (QED) is 0.315. The number of halogens is 5. The molecule has 1 amide bonds. The van der Waals surface area contributed by atoms with Gasteiger partial charge in [-0.1, -0.05) is 36.2 Å². The van der Waals surface area contributed by atoms with E-state index in [1.165, 1.54) is 17.0 Å². The van der Waals surface area contributed by atoms with Crippen LogP contribution in [0, 0.1) is 16.7 Å². The van der Waals surface area contributed by atoms with Gasteiger partial charge in [-0.2, -0.15) is 18.3 Å². The Morgan fingerprint density at radius 1 is 1.07 bits per heavy atom. The minimum atomic E-state index is -4.90. The predicted octanol–water partition coefficient (Wildman–Crippen LogP) is 7.32. The van der Waals surface area contributed by atoms with E-state index in [1.807, 2.05) is 0 Å². The lowest BCUT2D eigenvalue weighted by Crippen LogP contribution is -2.43. The van der Waals surface area contributed by atoms with Crippen LogP contribution >= 0.6 is 23.2 Å². The highest BCUT2D eigenvalue weighted by Gasteiger charge is 2.53. The maximum atomic E-state index is 14.5. The molecule has 0 spiro atoms. The fourth-order valence-corrected chi connectivity index (χ4v) is 7.90. The summed E-state index contributed by atoms with van der Waals surface area (Å²) in [5, 5.41) is 13.5. The largest absolute Gasteiger partial charge is 0.481 e. The summed E-state index contributed by atoms with van der Waals surface area (Å²) in [4.78, 5) is 40.0. The number of ketones is 1. The molecule has 222 valence electrons. The van der Waals surface area contributed by atoms with E-state index in [-0.39, 0.29) is 58.7 Å². The van der Waals surface area contributed by atoms with Crippen LogP contribution in [-0.2, 0) is 11.0 Å². The minimum absolute atomic E-state index is 0.0238. The van der Waals surface area contributed by atoms with Crippen LogP contribution in [0.15, 0.2) is 24.4 Å². The molecule has 1 aromatic heterocycles. The summed E-state index contributed by atoms with van der Waals surface area (Å²) in [7, 11) is 0. The third kappa shape index (κ3) is 5.87. The number of carboxylic acids is 1. The van der Waals surface area contributed by atoms with E-state index in [9.17, 15) is 32.7 Å². The highest BCUT2D eigenvalue weighted by Crippen LogP contribution is 2.61. The number of carbonyl (C=O) groups is 3. The monoisotopic (exact) mass is 613 g/mol. The molecule has 0 aliphatic heterocycles. The molecule has 1 heterocycles. The van der Waals surface area contributed by atoms with E-state index in [1.54, 1.807) is 6.07 Å². The van der Waals surface area contributed by atoms with E-state index in [4.69, 9.17) is 23.2 Å². The van der Waals surface area contributed by atoms with Gasteiger partial charge in [0.2, 0.25) is 0 Å². The van der Waals surface area contributed by atoms with Gasteiger partial charge in [-0.25, -0.2) is 0 Å². The topological polar surface area (TPSA) is 92.5 Å². The van der Waals surface area contributed by atoms with Crippen LogP contribution in [0.3, 0.4) is 0 Å². The molecule has 5 rings (SSSR count). The first-order valence-corrected chi connectivity index (χ1v) is 14.6.